The van der Waals surface area contributed by atoms with Crippen LogP contribution in [0, 0.1) is 0 Å². The molecule has 2 N–H and O–H groups in total. The highest BCUT2D eigenvalue weighted by Crippen LogP contribution is 1.95. The van der Waals surface area contributed by atoms with E-state index in [0.29, 0.717) is 6.41 Å². The minimum Gasteiger partial charge on any atom is -0.277 e. The molecule has 5 nitrogen and oxygen atoms in total. The fraction of sp³-hybridized carbons (Fsp3) is 0.125. The van der Waals surface area contributed by atoms with Crippen LogP contribution in [0.1, 0.15) is 5.56 Å². The Labute approximate surface area is 75.1 Å². The molecule has 0 aliphatic heterocycles. The number of aromatic nitrogens is 1. The molecule has 1 aromatic heterocycles. The summed E-state index contributed by atoms with van der Waals surface area (Å²) in [6.45, 7) is 0. The van der Waals surface area contributed by atoms with E-state index in [0.717, 1.165) is 5.56 Å². The molecule has 0 unspecified atom stereocenters. The highest BCUT2D eigenvalue weighted by molar-refractivity contribution is 5.79. The van der Waals surface area contributed by atoms with Crippen molar-refractivity contribution in [1.82, 2.24) is 15.8 Å². The summed E-state index contributed by atoms with van der Waals surface area (Å²) in [7, 11) is 0. The van der Waals surface area contributed by atoms with Gasteiger partial charge < -0.3 is 0 Å². The summed E-state index contributed by atoms with van der Waals surface area (Å²) < 4.78 is 0. The van der Waals surface area contributed by atoms with Crippen molar-refractivity contribution in [3.05, 3.63) is 30.1 Å². The van der Waals surface area contributed by atoms with E-state index in [4.69, 9.17) is 0 Å². The van der Waals surface area contributed by atoms with E-state index in [-0.39, 0.29) is 12.3 Å². The Hall–Kier alpha value is -1.91. The van der Waals surface area contributed by atoms with Crippen molar-refractivity contribution < 1.29 is 9.59 Å². The molecule has 0 aliphatic rings. The number of rotatable bonds is 4. The van der Waals surface area contributed by atoms with Gasteiger partial charge in [-0.2, -0.15) is 0 Å². The first-order valence-corrected chi connectivity index (χ1v) is 3.70. The number of amides is 2. The third-order valence-electron chi connectivity index (χ3n) is 1.36. The van der Waals surface area contributed by atoms with Gasteiger partial charge in [-0.3, -0.25) is 25.4 Å². The molecule has 0 bridgehead atoms. The van der Waals surface area contributed by atoms with Crippen LogP contribution in [-0.4, -0.2) is 17.3 Å². The molecule has 13 heavy (non-hydrogen) atoms. The van der Waals surface area contributed by atoms with Crippen LogP contribution in [0.3, 0.4) is 0 Å². The number of carbonyl (C=O) groups excluding carboxylic acids is 2. The van der Waals surface area contributed by atoms with E-state index in [9.17, 15) is 9.59 Å². The molecule has 0 atom stereocenters. The lowest BCUT2D eigenvalue weighted by atomic mass is 10.2. The zero-order chi connectivity index (χ0) is 9.52. The van der Waals surface area contributed by atoms with Gasteiger partial charge in [0.05, 0.1) is 6.42 Å². The lowest BCUT2D eigenvalue weighted by molar-refractivity contribution is -0.124. The van der Waals surface area contributed by atoms with Crippen molar-refractivity contribution in [1.29, 1.82) is 0 Å². The van der Waals surface area contributed by atoms with Crippen molar-refractivity contribution in [3.8, 4) is 0 Å². The zero-order valence-corrected chi connectivity index (χ0v) is 6.86. The summed E-state index contributed by atoms with van der Waals surface area (Å²) in [4.78, 5) is 24.7. The molecule has 1 aromatic rings. The van der Waals surface area contributed by atoms with Crippen LogP contribution in [0.5, 0.6) is 0 Å². The summed E-state index contributed by atoms with van der Waals surface area (Å²) in [5, 5.41) is 0. The van der Waals surface area contributed by atoms with E-state index in [2.05, 4.69) is 15.8 Å². The third kappa shape index (κ3) is 3.33. The van der Waals surface area contributed by atoms with E-state index >= 15 is 0 Å². The molecule has 1 rings (SSSR count). The van der Waals surface area contributed by atoms with Gasteiger partial charge in [-0.05, 0) is 11.6 Å². The predicted molar refractivity (Wildman–Crippen MR) is 45.3 cm³/mol. The zero-order valence-electron chi connectivity index (χ0n) is 6.86. The first-order chi connectivity index (χ1) is 6.33. The smallest absolute Gasteiger partial charge is 0.242 e. The second-order valence-electron chi connectivity index (χ2n) is 2.35. The Morgan fingerprint density at radius 1 is 1.62 bits per heavy atom. The Morgan fingerprint density at radius 3 is 3.08 bits per heavy atom. The van der Waals surface area contributed by atoms with Gasteiger partial charge in [-0.25, -0.2) is 0 Å². The maximum atomic E-state index is 11.0. The van der Waals surface area contributed by atoms with Crippen molar-refractivity contribution in [2.75, 3.05) is 0 Å². The summed E-state index contributed by atoms with van der Waals surface area (Å²) in [5.41, 5.74) is 5.06. The molecule has 0 aliphatic carbocycles. The molecule has 0 radical (unpaired) electrons. The molecule has 5 heteroatoms. The normalized spacial score (nSPS) is 8.92. The van der Waals surface area contributed by atoms with Gasteiger partial charge in [0.25, 0.3) is 0 Å². The molecular weight excluding hydrogens is 170 g/mol. The van der Waals surface area contributed by atoms with Gasteiger partial charge in [-0.1, -0.05) is 6.07 Å². The molecule has 2 amide bonds. The quantitative estimate of drug-likeness (QED) is 0.479. The third-order valence-corrected chi connectivity index (χ3v) is 1.36. The standard InChI is InChI=1S/C8H9N3O2/c12-6-10-11-8(13)4-7-2-1-3-9-5-7/h1-3,5-6H,4H2,(H,10,12)(H,11,13). The number of hydrogen-bond donors (Lipinski definition) is 2. The monoisotopic (exact) mass is 179 g/mol. The van der Waals surface area contributed by atoms with Crippen LogP contribution < -0.4 is 10.9 Å². The number of hydrogen-bond acceptors (Lipinski definition) is 3. The van der Waals surface area contributed by atoms with E-state index in [1.165, 1.54) is 0 Å². The minimum atomic E-state index is -0.278. The Kier molecular flexibility index (Phi) is 3.44. The van der Waals surface area contributed by atoms with Crippen LogP contribution >= 0.6 is 0 Å². The van der Waals surface area contributed by atoms with Crippen LogP contribution in [0.15, 0.2) is 24.5 Å². The van der Waals surface area contributed by atoms with Gasteiger partial charge in [0.2, 0.25) is 12.3 Å². The Balaban J connectivity index is 2.41. The Bertz CT molecular complexity index is 287. The van der Waals surface area contributed by atoms with Crippen molar-refractivity contribution in [2.45, 2.75) is 6.42 Å². The van der Waals surface area contributed by atoms with Gasteiger partial charge in [-0.15, -0.1) is 0 Å². The molecular formula is C8H9N3O2. The van der Waals surface area contributed by atoms with Crippen molar-refractivity contribution in [2.24, 2.45) is 0 Å². The van der Waals surface area contributed by atoms with Crippen molar-refractivity contribution >= 4 is 12.3 Å². The van der Waals surface area contributed by atoms with Gasteiger partial charge in [0.1, 0.15) is 0 Å². The van der Waals surface area contributed by atoms with Crippen LogP contribution in [0.2, 0.25) is 0 Å². The number of nitrogens with one attached hydrogen (secondary N) is 2. The fourth-order valence-electron chi connectivity index (χ4n) is 0.842. The second-order valence-corrected chi connectivity index (χ2v) is 2.35. The minimum absolute atomic E-state index is 0.203. The summed E-state index contributed by atoms with van der Waals surface area (Å²) in [5.74, 6) is -0.278. The van der Waals surface area contributed by atoms with Crippen LogP contribution in [0.4, 0.5) is 0 Å². The average molecular weight is 179 g/mol. The SMILES string of the molecule is O=CNNC(=O)Cc1cccnc1. The first kappa shape index (κ1) is 9.18. The fourth-order valence-corrected chi connectivity index (χ4v) is 0.842. The molecule has 0 spiro atoms. The van der Waals surface area contributed by atoms with E-state index in [1.54, 1.807) is 24.5 Å². The van der Waals surface area contributed by atoms with Gasteiger partial charge in [0, 0.05) is 12.4 Å². The number of nitrogens with zero attached hydrogens (tertiary/aromatic N) is 1. The molecule has 68 valence electrons. The van der Waals surface area contributed by atoms with Gasteiger partial charge in [0.15, 0.2) is 0 Å². The molecule has 0 aromatic carbocycles. The summed E-state index contributed by atoms with van der Waals surface area (Å²) in [6, 6.07) is 3.53. The van der Waals surface area contributed by atoms with Crippen LogP contribution in [0.25, 0.3) is 0 Å². The highest BCUT2D eigenvalue weighted by Gasteiger charge is 2.00. The van der Waals surface area contributed by atoms with E-state index < -0.39 is 0 Å². The number of carbonyl (C=O) groups is 2. The van der Waals surface area contributed by atoms with Crippen molar-refractivity contribution in [3.63, 3.8) is 0 Å². The summed E-state index contributed by atoms with van der Waals surface area (Å²) in [6.07, 6.45) is 3.83. The van der Waals surface area contributed by atoms with Crippen LogP contribution in [-0.2, 0) is 16.0 Å². The first-order valence-electron chi connectivity index (χ1n) is 3.70. The van der Waals surface area contributed by atoms with E-state index in [1.807, 2.05) is 0 Å². The Morgan fingerprint density at radius 2 is 2.46 bits per heavy atom. The average Bonchev–Trinajstić information content (AvgIpc) is 2.16. The largest absolute Gasteiger partial charge is 0.277 e. The number of hydrazine groups is 1. The summed E-state index contributed by atoms with van der Waals surface area (Å²) >= 11 is 0. The molecule has 0 saturated carbocycles. The topological polar surface area (TPSA) is 71.1 Å². The van der Waals surface area contributed by atoms with Gasteiger partial charge >= 0.3 is 0 Å². The molecule has 0 fully saturated rings. The second kappa shape index (κ2) is 4.87. The lowest BCUT2D eigenvalue weighted by Crippen LogP contribution is -2.37. The highest BCUT2D eigenvalue weighted by atomic mass is 16.2. The maximum Gasteiger partial charge on any atom is 0.242 e. The lowest BCUT2D eigenvalue weighted by Gasteiger charge is -2.01. The predicted octanol–water partition coefficient (Wildman–Crippen LogP) is -0.599. The molecule has 0 saturated heterocycles. The molecule has 1 heterocycles. The maximum absolute atomic E-state index is 11.0. The number of pyridine rings is 1.